The van der Waals surface area contributed by atoms with E-state index in [9.17, 15) is 9.50 Å². The van der Waals surface area contributed by atoms with E-state index in [-0.39, 0.29) is 18.5 Å². The monoisotopic (exact) mass is 373 g/mol. The maximum atomic E-state index is 13.1. The molecule has 146 valence electrons. The van der Waals surface area contributed by atoms with Crippen LogP contribution in [0.2, 0.25) is 0 Å². The van der Waals surface area contributed by atoms with Crippen molar-refractivity contribution in [2.45, 2.75) is 38.9 Å². The van der Waals surface area contributed by atoms with Gasteiger partial charge in [-0.05, 0) is 44.0 Å². The molecule has 1 atom stereocenters. The number of hydrogen-bond acceptors (Lipinski definition) is 6. The van der Waals surface area contributed by atoms with E-state index in [4.69, 9.17) is 0 Å². The van der Waals surface area contributed by atoms with Crippen LogP contribution < -0.4 is 10.2 Å². The van der Waals surface area contributed by atoms with Crippen LogP contribution in [0.1, 0.15) is 25.8 Å². The standard InChI is InChI=1S/C20H28FN5O/c1-15(2)23-19-7-9-22-20(24-19)26-11-10-25(18(14-26)8-12-27)13-16-3-5-17(21)6-4-16/h3-7,9,15,18,27H,8,10-14H2,1-2H3,(H,22,23,24)/t18-/m0/s1. The zero-order valence-electron chi connectivity index (χ0n) is 16.0. The summed E-state index contributed by atoms with van der Waals surface area (Å²) in [6, 6.07) is 9.01. The molecule has 2 aromatic rings. The van der Waals surface area contributed by atoms with Crippen LogP contribution in [-0.4, -0.2) is 58.3 Å². The molecule has 0 unspecified atom stereocenters. The molecule has 3 rings (SSSR count). The zero-order valence-corrected chi connectivity index (χ0v) is 16.0. The molecule has 1 aliphatic rings. The lowest BCUT2D eigenvalue weighted by molar-refractivity contribution is 0.135. The highest BCUT2D eigenvalue weighted by molar-refractivity contribution is 5.42. The van der Waals surface area contributed by atoms with Gasteiger partial charge < -0.3 is 15.3 Å². The van der Waals surface area contributed by atoms with Gasteiger partial charge in [-0.3, -0.25) is 4.90 Å². The van der Waals surface area contributed by atoms with Gasteiger partial charge in [0.05, 0.1) is 0 Å². The summed E-state index contributed by atoms with van der Waals surface area (Å²) >= 11 is 0. The first kappa shape index (κ1) is 19.5. The van der Waals surface area contributed by atoms with Gasteiger partial charge in [0.2, 0.25) is 5.95 Å². The minimum atomic E-state index is -0.220. The summed E-state index contributed by atoms with van der Waals surface area (Å²) < 4.78 is 13.1. The average molecular weight is 373 g/mol. The van der Waals surface area contributed by atoms with Crippen LogP contribution in [0.25, 0.3) is 0 Å². The first-order valence-corrected chi connectivity index (χ1v) is 9.49. The number of halogens is 1. The number of anilines is 2. The smallest absolute Gasteiger partial charge is 0.227 e. The third-order valence-electron chi connectivity index (χ3n) is 4.73. The molecule has 0 radical (unpaired) electrons. The second kappa shape index (κ2) is 9.10. The second-order valence-corrected chi connectivity index (χ2v) is 7.25. The van der Waals surface area contributed by atoms with Crippen molar-refractivity contribution in [1.82, 2.24) is 14.9 Å². The van der Waals surface area contributed by atoms with Crippen LogP contribution in [0.4, 0.5) is 16.2 Å². The van der Waals surface area contributed by atoms with Crippen LogP contribution in [0, 0.1) is 5.82 Å². The number of nitrogens with one attached hydrogen (secondary N) is 1. The van der Waals surface area contributed by atoms with E-state index in [1.807, 2.05) is 18.2 Å². The van der Waals surface area contributed by atoms with Gasteiger partial charge in [0.15, 0.2) is 0 Å². The first-order chi connectivity index (χ1) is 13.0. The third-order valence-corrected chi connectivity index (χ3v) is 4.73. The fraction of sp³-hybridized carbons (Fsp3) is 0.500. The molecule has 0 amide bonds. The highest BCUT2D eigenvalue weighted by Gasteiger charge is 2.28. The van der Waals surface area contributed by atoms with Crippen molar-refractivity contribution < 1.29 is 9.50 Å². The van der Waals surface area contributed by atoms with Crippen molar-refractivity contribution >= 4 is 11.8 Å². The Kier molecular flexibility index (Phi) is 6.58. The number of benzene rings is 1. The number of piperazine rings is 1. The van der Waals surface area contributed by atoms with E-state index in [2.05, 4.69) is 38.9 Å². The fourth-order valence-corrected chi connectivity index (χ4v) is 3.41. The summed E-state index contributed by atoms with van der Waals surface area (Å²) in [4.78, 5) is 13.6. The lowest BCUT2D eigenvalue weighted by Gasteiger charge is -2.41. The lowest BCUT2D eigenvalue weighted by atomic mass is 10.1. The van der Waals surface area contributed by atoms with Crippen molar-refractivity contribution in [1.29, 1.82) is 0 Å². The summed E-state index contributed by atoms with van der Waals surface area (Å²) in [6.45, 7) is 7.44. The molecule has 1 aromatic carbocycles. The van der Waals surface area contributed by atoms with Crippen molar-refractivity contribution in [3.05, 3.63) is 47.9 Å². The molecule has 0 spiro atoms. The number of rotatable bonds is 7. The molecule has 1 aromatic heterocycles. The van der Waals surface area contributed by atoms with Crippen molar-refractivity contribution in [2.75, 3.05) is 36.5 Å². The summed E-state index contributed by atoms with van der Waals surface area (Å²) in [5, 5.41) is 12.8. The van der Waals surface area contributed by atoms with E-state index in [1.54, 1.807) is 6.20 Å². The molecule has 27 heavy (non-hydrogen) atoms. The number of aliphatic hydroxyl groups excluding tert-OH is 1. The van der Waals surface area contributed by atoms with Crippen molar-refractivity contribution in [3.63, 3.8) is 0 Å². The summed E-state index contributed by atoms with van der Waals surface area (Å²) in [5.74, 6) is 1.31. The number of aromatic nitrogens is 2. The van der Waals surface area contributed by atoms with E-state index in [0.717, 1.165) is 37.6 Å². The predicted molar refractivity (Wildman–Crippen MR) is 105 cm³/mol. The average Bonchev–Trinajstić information content (AvgIpc) is 2.65. The van der Waals surface area contributed by atoms with E-state index in [0.29, 0.717) is 18.4 Å². The molecule has 1 fully saturated rings. The molecule has 2 heterocycles. The molecule has 0 aliphatic carbocycles. The van der Waals surface area contributed by atoms with Gasteiger partial charge >= 0.3 is 0 Å². The van der Waals surface area contributed by atoms with Gasteiger partial charge in [0.25, 0.3) is 0 Å². The highest BCUT2D eigenvalue weighted by atomic mass is 19.1. The van der Waals surface area contributed by atoms with Gasteiger partial charge in [-0.2, -0.15) is 4.98 Å². The maximum absolute atomic E-state index is 13.1. The Morgan fingerprint density at radius 1 is 1.22 bits per heavy atom. The van der Waals surface area contributed by atoms with Gasteiger partial charge in [-0.1, -0.05) is 12.1 Å². The molecule has 0 saturated carbocycles. The molecule has 1 aliphatic heterocycles. The fourth-order valence-electron chi connectivity index (χ4n) is 3.41. The van der Waals surface area contributed by atoms with E-state index >= 15 is 0 Å². The molecule has 2 N–H and O–H groups in total. The molecule has 6 nitrogen and oxygen atoms in total. The molecule has 1 saturated heterocycles. The quantitative estimate of drug-likeness (QED) is 0.778. The van der Waals surface area contributed by atoms with Crippen LogP contribution in [0.3, 0.4) is 0 Å². The zero-order chi connectivity index (χ0) is 19.2. The first-order valence-electron chi connectivity index (χ1n) is 9.49. The molecular formula is C20H28FN5O. The number of hydrogen-bond donors (Lipinski definition) is 2. The predicted octanol–water partition coefficient (Wildman–Crippen LogP) is 2.51. The normalized spacial score (nSPS) is 18.1. The molecule has 0 bridgehead atoms. The van der Waals surface area contributed by atoms with Gasteiger partial charge in [0.1, 0.15) is 11.6 Å². The lowest BCUT2D eigenvalue weighted by Crippen LogP contribution is -2.53. The summed E-state index contributed by atoms with van der Waals surface area (Å²) in [6.07, 6.45) is 2.46. The van der Waals surface area contributed by atoms with Crippen LogP contribution in [0.5, 0.6) is 0 Å². The highest BCUT2D eigenvalue weighted by Crippen LogP contribution is 2.21. The van der Waals surface area contributed by atoms with Crippen molar-refractivity contribution in [3.8, 4) is 0 Å². The van der Waals surface area contributed by atoms with Gasteiger partial charge in [0, 0.05) is 51.1 Å². The Morgan fingerprint density at radius 2 is 2.00 bits per heavy atom. The summed E-state index contributed by atoms with van der Waals surface area (Å²) in [7, 11) is 0. The SMILES string of the molecule is CC(C)Nc1ccnc(N2CCN(Cc3ccc(F)cc3)[C@@H](CCO)C2)n1. The van der Waals surface area contributed by atoms with E-state index in [1.165, 1.54) is 12.1 Å². The Balaban J connectivity index is 1.69. The minimum absolute atomic E-state index is 0.133. The number of nitrogens with zero attached hydrogens (tertiary/aromatic N) is 4. The van der Waals surface area contributed by atoms with Gasteiger partial charge in [-0.25, -0.2) is 9.37 Å². The van der Waals surface area contributed by atoms with Crippen LogP contribution >= 0.6 is 0 Å². The largest absolute Gasteiger partial charge is 0.396 e. The van der Waals surface area contributed by atoms with E-state index < -0.39 is 0 Å². The summed E-state index contributed by atoms with van der Waals surface area (Å²) in [5.41, 5.74) is 1.08. The Labute approximate surface area is 160 Å². The maximum Gasteiger partial charge on any atom is 0.227 e. The number of aliphatic hydroxyl groups is 1. The Hall–Kier alpha value is -2.25. The van der Waals surface area contributed by atoms with Gasteiger partial charge in [-0.15, -0.1) is 0 Å². The topological polar surface area (TPSA) is 64.5 Å². The van der Waals surface area contributed by atoms with Crippen LogP contribution in [0.15, 0.2) is 36.5 Å². The second-order valence-electron chi connectivity index (χ2n) is 7.25. The molecular weight excluding hydrogens is 345 g/mol. The third kappa shape index (κ3) is 5.37. The van der Waals surface area contributed by atoms with Crippen LogP contribution in [-0.2, 0) is 6.54 Å². The molecule has 7 heteroatoms. The Bertz CT molecular complexity index is 725. The Morgan fingerprint density at radius 3 is 2.70 bits per heavy atom. The van der Waals surface area contributed by atoms with Crippen molar-refractivity contribution in [2.24, 2.45) is 0 Å². The minimum Gasteiger partial charge on any atom is -0.396 e.